The molecule has 0 spiro atoms. The van der Waals surface area contributed by atoms with Crippen LogP contribution in [0.1, 0.15) is 12.0 Å². The summed E-state index contributed by atoms with van der Waals surface area (Å²) < 4.78 is 5.34. The first kappa shape index (κ1) is 14.3. The number of hydrogen-bond donors (Lipinski definition) is 2. The van der Waals surface area contributed by atoms with E-state index in [1.54, 1.807) is 0 Å². The molecular weight excluding hydrogens is 268 g/mol. The Morgan fingerprint density at radius 1 is 1.43 bits per heavy atom. The summed E-state index contributed by atoms with van der Waals surface area (Å²) in [5.74, 6) is 1.23. The Bertz CT molecular complexity index is 465. The van der Waals surface area contributed by atoms with Crippen LogP contribution in [0, 0.1) is 5.92 Å². The van der Waals surface area contributed by atoms with Crippen molar-refractivity contribution in [3.63, 3.8) is 0 Å². The van der Waals surface area contributed by atoms with E-state index < -0.39 is 0 Å². The third-order valence-electron chi connectivity index (χ3n) is 4.04. The largest absolute Gasteiger partial charge is 0.378 e. The van der Waals surface area contributed by atoms with Gasteiger partial charge in [-0.15, -0.1) is 0 Å². The van der Waals surface area contributed by atoms with Crippen LogP contribution in [0.4, 0.5) is 5.82 Å². The van der Waals surface area contributed by atoms with Gasteiger partial charge in [0.15, 0.2) is 0 Å². The lowest BCUT2D eigenvalue weighted by Gasteiger charge is -2.27. The summed E-state index contributed by atoms with van der Waals surface area (Å²) in [5.41, 5.74) is 1.03. The van der Waals surface area contributed by atoms with Crippen LogP contribution >= 0.6 is 0 Å². The average Bonchev–Trinajstić information content (AvgIpc) is 3.08. The van der Waals surface area contributed by atoms with Crippen LogP contribution in [-0.4, -0.2) is 50.3 Å². The van der Waals surface area contributed by atoms with Crippen molar-refractivity contribution >= 4 is 11.7 Å². The molecular formula is C15H22N4O2. The number of morpholine rings is 1. The van der Waals surface area contributed by atoms with Gasteiger partial charge >= 0.3 is 0 Å². The molecule has 1 aromatic heterocycles. The number of aromatic nitrogens is 1. The number of pyridine rings is 1. The predicted octanol–water partition coefficient (Wildman–Crippen LogP) is 0.144. The van der Waals surface area contributed by atoms with Gasteiger partial charge in [-0.25, -0.2) is 4.98 Å². The van der Waals surface area contributed by atoms with E-state index in [1.807, 2.05) is 18.3 Å². The van der Waals surface area contributed by atoms with E-state index in [2.05, 4.69) is 20.5 Å². The van der Waals surface area contributed by atoms with E-state index in [0.717, 1.165) is 57.2 Å². The first-order valence-electron chi connectivity index (χ1n) is 7.59. The summed E-state index contributed by atoms with van der Waals surface area (Å²) in [7, 11) is 0. The van der Waals surface area contributed by atoms with Crippen molar-refractivity contribution < 1.29 is 9.53 Å². The molecule has 1 amide bonds. The first-order chi connectivity index (χ1) is 10.3. The molecule has 2 N–H and O–H groups in total. The highest BCUT2D eigenvalue weighted by Gasteiger charge is 2.21. The summed E-state index contributed by atoms with van der Waals surface area (Å²) in [5, 5.41) is 6.19. The lowest BCUT2D eigenvalue weighted by Crippen LogP contribution is -2.36. The summed E-state index contributed by atoms with van der Waals surface area (Å²) in [6.45, 7) is 5.57. The van der Waals surface area contributed by atoms with Crippen molar-refractivity contribution in [3.05, 3.63) is 23.9 Å². The van der Waals surface area contributed by atoms with Gasteiger partial charge in [-0.1, -0.05) is 6.07 Å². The Labute approximate surface area is 124 Å². The molecule has 2 aliphatic heterocycles. The van der Waals surface area contributed by atoms with E-state index in [1.165, 1.54) is 0 Å². The van der Waals surface area contributed by atoms with Crippen LogP contribution in [0.25, 0.3) is 0 Å². The number of amides is 1. The van der Waals surface area contributed by atoms with Gasteiger partial charge in [0.1, 0.15) is 5.82 Å². The monoisotopic (exact) mass is 290 g/mol. The molecule has 0 bridgehead atoms. The number of rotatable bonds is 4. The normalized spacial score (nSPS) is 22.3. The number of nitrogens with one attached hydrogen (secondary N) is 2. The van der Waals surface area contributed by atoms with E-state index >= 15 is 0 Å². The lowest BCUT2D eigenvalue weighted by molar-refractivity contribution is -0.124. The zero-order valence-electron chi connectivity index (χ0n) is 12.2. The minimum Gasteiger partial charge on any atom is -0.378 e. The smallest absolute Gasteiger partial charge is 0.224 e. The molecule has 0 saturated carbocycles. The van der Waals surface area contributed by atoms with E-state index in [9.17, 15) is 4.79 Å². The molecule has 21 heavy (non-hydrogen) atoms. The molecule has 6 nitrogen and oxygen atoms in total. The summed E-state index contributed by atoms with van der Waals surface area (Å²) in [6.07, 6.45) is 2.78. The molecule has 3 heterocycles. The fourth-order valence-electron chi connectivity index (χ4n) is 2.71. The molecule has 1 atom stereocenters. The van der Waals surface area contributed by atoms with Gasteiger partial charge in [-0.2, -0.15) is 0 Å². The number of anilines is 1. The highest BCUT2D eigenvalue weighted by atomic mass is 16.5. The van der Waals surface area contributed by atoms with Crippen molar-refractivity contribution in [1.82, 2.24) is 15.6 Å². The minimum atomic E-state index is 0.116. The van der Waals surface area contributed by atoms with Crippen LogP contribution in [0.3, 0.4) is 0 Å². The van der Waals surface area contributed by atoms with Crippen molar-refractivity contribution in [3.8, 4) is 0 Å². The van der Waals surface area contributed by atoms with Crippen LogP contribution in [0.2, 0.25) is 0 Å². The molecule has 2 fully saturated rings. The molecule has 0 radical (unpaired) electrons. The summed E-state index contributed by atoms with van der Waals surface area (Å²) >= 11 is 0. The van der Waals surface area contributed by atoms with Gasteiger partial charge in [0.2, 0.25) is 5.91 Å². The average molecular weight is 290 g/mol. The van der Waals surface area contributed by atoms with Gasteiger partial charge in [0.25, 0.3) is 0 Å². The SMILES string of the molecule is O=C(NCc1ccc(N2CCOCC2)nc1)C1CCNC1. The number of ether oxygens (including phenoxy) is 1. The highest BCUT2D eigenvalue weighted by molar-refractivity contribution is 5.79. The fraction of sp³-hybridized carbons (Fsp3) is 0.600. The van der Waals surface area contributed by atoms with Gasteiger partial charge in [-0.3, -0.25) is 4.79 Å². The topological polar surface area (TPSA) is 66.5 Å². The first-order valence-corrected chi connectivity index (χ1v) is 7.59. The van der Waals surface area contributed by atoms with E-state index in [-0.39, 0.29) is 11.8 Å². The number of carbonyl (C=O) groups is 1. The van der Waals surface area contributed by atoms with Crippen LogP contribution < -0.4 is 15.5 Å². The second-order valence-corrected chi connectivity index (χ2v) is 5.53. The predicted molar refractivity (Wildman–Crippen MR) is 80.1 cm³/mol. The molecule has 2 saturated heterocycles. The van der Waals surface area contributed by atoms with Gasteiger partial charge in [0.05, 0.1) is 19.1 Å². The number of nitrogens with zero attached hydrogens (tertiary/aromatic N) is 2. The molecule has 114 valence electrons. The van der Waals surface area contributed by atoms with Crippen molar-refractivity contribution in [1.29, 1.82) is 0 Å². The van der Waals surface area contributed by atoms with Crippen LogP contribution in [0.5, 0.6) is 0 Å². The number of hydrogen-bond acceptors (Lipinski definition) is 5. The maximum absolute atomic E-state index is 11.9. The summed E-state index contributed by atoms with van der Waals surface area (Å²) in [4.78, 5) is 18.6. The Morgan fingerprint density at radius 2 is 2.29 bits per heavy atom. The Morgan fingerprint density at radius 3 is 2.95 bits per heavy atom. The lowest BCUT2D eigenvalue weighted by atomic mass is 10.1. The maximum Gasteiger partial charge on any atom is 0.224 e. The third kappa shape index (κ3) is 3.71. The third-order valence-corrected chi connectivity index (χ3v) is 4.04. The van der Waals surface area contributed by atoms with E-state index in [0.29, 0.717) is 6.54 Å². The van der Waals surface area contributed by atoms with Gasteiger partial charge in [-0.05, 0) is 24.6 Å². The van der Waals surface area contributed by atoms with Crippen LogP contribution in [-0.2, 0) is 16.1 Å². The zero-order chi connectivity index (χ0) is 14.5. The van der Waals surface area contributed by atoms with Crippen LogP contribution in [0.15, 0.2) is 18.3 Å². The molecule has 0 aromatic carbocycles. The Hall–Kier alpha value is -1.66. The fourth-order valence-corrected chi connectivity index (χ4v) is 2.71. The second-order valence-electron chi connectivity index (χ2n) is 5.53. The molecule has 1 unspecified atom stereocenters. The molecule has 1 aromatic rings. The van der Waals surface area contributed by atoms with Crippen molar-refractivity contribution in [2.24, 2.45) is 5.92 Å². The van der Waals surface area contributed by atoms with E-state index in [4.69, 9.17) is 4.74 Å². The Kier molecular flexibility index (Phi) is 4.67. The van der Waals surface area contributed by atoms with Crippen molar-refractivity contribution in [2.75, 3.05) is 44.3 Å². The molecule has 3 rings (SSSR count). The molecule has 0 aliphatic carbocycles. The maximum atomic E-state index is 11.9. The van der Waals surface area contributed by atoms with Crippen molar-refractivity contribution in [2.45, 2.75) is 13.0 Å². The zero-order valence-corrected chi connectivity index (χ0v) is 12.2. The molecule has 2 aliphatic rings. The number of carbonyl (C=O) groups excluding carboxylic acids is 1. The quantitative estimate of drug-likeness (QED) is 0.826. The standard InChI is InChI=1S/C15H22N4O2/c20-15(13-3-4-16-11-13)18-10-12-1-2-14(17-9-12)19-5-7-21-8-6-19/h1-2,9,13,16H,3-8,10-11H2,(H,18,20). The highest BCUT2D eigenvalue weighted by Crippen LogP contribution is 2.13. The van der Waals surface area contributed by atoms with Gasteiger partial charge in [0, 0.05) is 32.4 Å². The second kappa shape index (κ2) is 6.87. The van der Waals surface area contributed by atoms with Gasteiger partial charge < -0.3 is 20.3 Å². The minimum absolute atomic E-state index is 0.116. The molecule has 6 heteroatoms. The Balaban J connectivity index is 1.50. The summed E-state index contributed by atoms with van der Waals surface area (Å²) in [6, 6.07) is 4.05.